The van der Waals surface area contributed by atoms with Crippen molar-refractivity contribution in [3.05, 3.63) is 28.2 Å². The third-order valence-corrected chi connectivity index (χ3v) is 5.70. The second kappa shape index (κ2) is 5.84. The lowest BCUT2D eigenvalue weighted by Gasteiger charge is -2.36. The summed E-state index contributed by atoms with van der Waals surface area (Å²) in [6.07, 6.45) is 4.12. The van der Waals surface area contributed by atoms with Gasteiger partial charge in [0, 0.05) is 23.2 Å². The van der Waals surface area contributed by atoms with Gasteiger partial charge in [0.15, 0.2) is 0 Å². The Morgan fingerprint density at radius 1 is 1.16 bits per heavy atom. The molecule has 104 valence electrons. The number of aryl methyl sites for hydroxylation is 1. The summed E-state index contributed by atoms with van der Waals surface area (Å²) in [5.41, 5.74) is 2.73. The van der Waals surface area contributed by atoms with E-state index in [0.717, 1.165) is 11.8 Å². The Morgan fingerprint density at radius 3 is 2.58 bits per heavy atom. The summed E-state index contributed by atoms with van der Waals surface area (Å²) in [6, 6.07) is 6.73. The monoisotopic (exact) mass is 322 g/mol. The molecule has 2 aliphatic rings. The van der Waals surface area contributed by atoms with E-state index in [-0.39, 0.29) is 0 Å². The largest absolute Gasteiger partial charge is 0.372 e. The molecule has 2 aliphatic heterocycles. The zero-order valence-corrected chi connectivity index (χ0v) is 13.2. The quantitative estimate of drug-likeness (QED) is 0.895. The number of piperidine rings is 1. The molecule has 0 aliphatic carbocycles. The van der Waals surface area contributed by atoms with Gasteiger partial charge in [-0.2, -0.15) is 0 Å². The van der Waals surface area contributed by atoms with Gasteiger partial charge < -0.3 is 10.2 Å². The number of nitrogens with zero attached hydrogens (tertiary/aromatic N) is 1. The van der Waals surface area contributed by atoms with Gasteiger partial charge in [-0.25, -0.2) is 0 Å². The molecule has 2 saturated heterocycles. The highest BCUT2D eigenvalue weighted by Crippen LogP contribution is 2.32. The highest BCUT2D eigenvalue weighted by atomic mass is 79.9. The summed E-state index contributed by atoms with van der Waals surface area (Å²) in [5.74, 6) is 1.89. The smallest absolute Gasteiger partial charge is 0.0369 e. The highest BCUT2D eigenvalue weighted by Gasteiger charge is 2.28. The molecule has 2 fully saturated rings. The summed E-state index contributed by atoms with van der Waals surface area (Å²) >= 11 is 3.58. The van der Waals surface area contributed by atoms with Crippen molar-refractivity contribution in [1.29, 1.82) is 0 Å². The van der Waals surface area contributed by atoms with Gasteiger partial charge in [-0.3, -0.25) is 0 Å². The first-order valence-electron chi connectivity index (χ1n) is 7.46. The minimum Gasteiger partial charge on any atom is -0.372 e. The summed E-state index contributed by atoms with van der Waals surface area (Å²) < 4.78 is 1.21. The molecule has 2 nitrogen and oxygen atoms in total. The normalized spacial score (nSPS) is 24.9. The molecule has 3 heteroatoms. The van der Waals surface area contributed by atoms with Crippen LogP contribution in [0.1, 0.15) is 24.8 Å². The molecule has 19 heavy (non-hydrogen) atoms. The van der Waals surface area contributed by atoms with Crippen molar-refractivity contribution in [2.75, 3.05) is 31.1 Å². The average molecular weight is 323 g/mol. The lowest BCUT2D eigenvalue weighted by molar-refractivity contribution is 0.292. The predicted molar refractivity (Wildman–Crippen MR) is 84.8 cm³/mol. The molecule has 0 bridgehead atoms. The van der Waals surface area contributed by atoms with Gasteiger partial charge in [0.1, 0.15) is 0 Å². The number of hydrogen-bond donors (Lipinski definition) is 1. The van der Waals surface area contributed by atoms with Crippen LogP contribution in [0, 0.1) is 18.8 Å². The fourth-order valence-corrected chi connectivity index (χ4v) is 3.78. The van der Waals surface area contributed by atoms with E-state index in [1.165, 1.54) is 61.2 Å². The Bertz CT molecular complexity index is 432. The second-order valence-corrected chi connectivity index (χ2v) is 6.87. The second-order valence-electron chi connectivity index (χ2n) is 6.01. The van der Waals surface area contributed by atoms with Gasteiger partial charge in [-0.15, -0.1) is 0 Å². The average Bonchev–Trinajstić information content (AvgIpc) is 2.96. The van der Waals surface area contributed by atoms with E-state index in [4.69, 9.17) is 0 Å². The Labute approximate surface area is 124 Å². The van der Waals surface area contributed by atoms with E-state index in [1.807, 2.05) is 0 Å². The lowest BCUT2D eigenvalue weighted by atomic mass is 9.83. The number of anilines is 1. The molecule has 2 heterocycles. The van der Waals surface area contributed by atoms with Crippen LogP contribution in [-0.4, -0.2) is 26.2 Å². The van der Waals surface area contributed by atoms with E-state index in [9.17, 15) is 0 Å². The van der Waals surface area contributed by atoms with E-state index in [0.29, 0.717) is 0 Å². The van der Waals surface area contributed by atoms with Crippen LogP contribution in [0.3, 0.4) is 0 Å². The molecule has 0 radical (unpaired) electrons. The third kappa shape index (κ3) is 2.97. The zero-order chi connectivity index (χ0) is 13.2. The summed E-state index contributed by atoms with van der Waals surface area (Å²) in [5, 5.41) is 3.51. The van der Waals surface area contributed by atoms with Gasteiger partial charge in [-0.05, 0) is 74.9 Å². The van der Waals surface area contributed by atoms with Crippen LogP contribution in [0.15, 0.2) is 22.7 Å². The third-order valence-electron chi connectivity index (χ3n) is 4.81. The van der Waals surface area contributed by atoms with Gasteiger partial charge in [0.05, 0.1) is 0 Å². The molecule has 3 rings (SSSR count). The van der Waals surface area contributed by atoms with E-state index < -0.39 is 0 Å². The molecule has 1 atom stereocenters. The van der Waals surface area contributed by atoms with Crippen LogP contribution in [-0.2, 0) is 0 Å². The number of benzene rings is 1. The maximum atomic E-state index is 3.58. The standard InChI is InChI=1S/C16H23BrN2/c1-12-10-15(2-3-16(12)17)19-8-5-13(6-9-19)14-4-7-18-11-14/h2-3,10,13-14,18H,4-9,11H2,1H3. The van der Waals surface area contributed by atoms with E-state index in [2.05, 4.69) is 51.3 Å². The first-order valence-corrected chi connectivity index (χ1v) is 8.25. The maximum Gasteiger partial charge on any atom is 0.0369 e. The molecule has 0 spiro atoms. The number of halogens is 1. The number of nitrogens with one attached hydrogen (secondary N) is 1. The Hall–Kier alpha value is -0.540. The van der Waals surface area contributed by atoms with Crippen molar-refractivity contribution in [2.24, 2.45) is 11.8 Å². The van der Waals surface area contributed by atoms with Crippen molar-refractivity contribution in [1.82, 2.24) is 5.32 Å². The van der Waals surface area contributed by atoms with Crippen molar-refractivity contribution in [2.45, 2.75) is 26.2 Å². The Kier molecular flexibility index (Phi) is 4.13. The molecule has 1 aromatic carbocycles. The topological polar surface area (TPSA) is 15.3 Å². The van der Waals surface area contributed by atoms with Gasteiger partial charge >= 0.3 is 0 Å². The highest BCUT2D eigenvalue weighted by molar-refractivity contribution is 9.10. The zero-order valence-electron chi connectivity index (χ0n) is 11.7. The molecule has 1 unspecified atom stereocenters. The van der Waals surface area contributed by atoms with Crippen molar-refractivity contribution in [3.63, 3.8) is 0 Å². The summed E-state index contributed by atoms with van der Waals surface area (Å²) in [4.78, 5) is 2.55. The van der Waals surface area contributed by atoms with Crippen LogP contribution in [0.25, 0.3) is 0 Å². The van der Waals surface area contributed by atoms with Crippen LogP contribution in [0.4, 0.5) is 5.69 Å². The fourth-order valence-electron chi connectivity index (χ4n) is 3.53. The van der Waals surface area contributed by atoms with Crippen LogP contribution >= 0.6 is 15.9 Å². The maximum absolute atomic E-state index is 3.58. The van der Waals surface area contributed by atoms with Gasteiger partial charge in [0.25, 0.3) is 0 Å². The van der Waals surface area contributed by atoms with E-state index >= 15 is 0 Å². The molecule has 0 aromatic heterocycles. The molecule has 1 aromatic rings. The van der Waals surface area contributed by atoms with Gasteiger partial charge in [0.2, 0.25) is 0 Å². The molecule has 0 saturated carbocycles. The lowest BCUT2D eigenvalue weighted by Crippen LogP contribution is -2.36. The van der Waals surface area contributed by atoms with Crippen molar-refractivity contribution in [3.8, 4) is 0 Å². The van der Waals surface area contributed by atoms with Crippen molar-refractivity contribution >= 4 is 21.6 Å². The first kappa shape index (κ1) is 13.4. The summed E-state index contributed by atoms with van der Waals surface area (Å²) in [6.45, 7) is 7.11. The van der Waals surface area contributed by atoms with Crippen LogP contribution in [0.5, 0.6) is 0 Å². The summed E-state index contributed by atoms with van der Waals surface area (Å²) in [7, 11) is 0. The Morgan fingerprint density at radius 2 is 1.95 bits per heavy atom. The minimum atomic E-state index is 0.939. The predicted octanol–water partition coefficient (Wildman–Crippen LogP) is 3.58. The van der Waals surface area contributed by atoms with Crippen molar-refractivity contribution < 1.29 is 0 Å². The van der Waals surface area contributed by atoms with Gasteiger partial charge in [-0.1, -0.05) is 15.9 Å². The minimum absolute atomic E-state index is 0.939. The molecule has 1 N–H and O–H groups in total. The molecular weight excluding hydrogens is 300 g/mol. The van der Waals surface area contributed by atoms with Crippen LogP contribution in [0.2, 0.25) is 0 Å². The Balaban J connectivity index is 1.61. The number of hydrogen-bond acceptors (Lipinski definition) is 2. The fraction of sp³-hybridized carbons (Fsp3) is 0.625. The first-order chi connectivity index (χ1) is 9.24. The molecule has 0 amide bonds. The number of rotatable bonds is 2. The SMILES string of the molecule is Cc1cc(N2CCC(C3CCNC3)CC2)ccc1Br. The van der Waals surface area contributed by atoms with E-state index in [1.54, 1.807) is 0 Å². The molecular formula is C16H23BrN2. The van der Waals surface area contributed by atoms with Crippen LogP contribution < -0.4 is 10.2 Å².